The van der Waals surface area contributed by atoms with Crippen LogP contribution >= 0.6 is 0 Å². The standard InChI is InChI=1S/C13H24N4O4/c1-2-3-10(12(19)20)8-15-13(21)16-9-11(18)17-6-4-14-5-7-17/h10,14H,2-9H2,1H3,(H,19,20)(H2,15,16,21). The van der Waals surface area contributed by atoms with Crippen LogP contribution in [0.5, 0.6) is 0 Å². The maximum Gasteiger partial charge on any atom is 0.315 e. The van der Waals surface area contributed by atoms with Gasteiger partial charge in [0.2, 0.25) is 5.91 Å². The molecule has 1 aliphatic heterocycles. The lowest BCUT2D eigenvalue weighted by atomic mass is 10.0. The second-order valence-corrected chi connectivity index (χ2v) is 5.02. The third-order valence-corrected chi connectivity index (χ3v) is 3.37. The van der Waals surface area contributed by atoms with Crippen LogP contribution in [-0.2, 0) is 9.59 Å². The van der Waals surface area contributed by atoms with Crippen molar-refractivity contribution >= 4 is 17.9 Å². The molecule has 8 nitrogen and oxygen atoms in total. The van der Waals surface area contributed by atoms with Gasteiger partial charge in [-0.05, 0) is 6.42 Å². The van der Waals surface area contributed by atoms with Gasteiger partial charge in [-0.3, -0.25) is 9.59 Å². The van der Waals surface area contributed by atoms with Crippen molar-refractivity contribution in [2.24, 2.45) is 5.92 Å². The van der Waals surface area contributed by atoms with Gasteiger partial charge in [-0.1, -0.05) is 13.3 Å². The molecule has 0 saturated carbocycles. The summed E-state index contributed by atoms with van der Waals surface area (Å²) in [6.45, 7) is 4.68. The van der Waals surface area contributed by atoms with Crippen LogP contribution in [-0.4, -0.2) is 67.2 Å². The molecule has 1 unspecified atom stereocenters. The second-order valence-electron chi connectivity index (χ2n) is 5.02. The number of hydrogen-bond donors (Lipinski definition) is 4. The fourth-order valence-corrected chi connectivity index (χ4v) is 2.12. The van der Waals surface area contributed by atoms with Gasteiger partial charge in [0.15, 0.2) is 0 Å². The molecule has 0 aromatic heterocycles. The van der Waals surface area contributed by atoms with Crippen molar-refractivity contribution in [3.05, 3.63) is 0 Å². The number of piperazine rings is 1. The van der Waals surface area contributed by atoms with Gasteiger partial charge in [0.1, 0.15) is 0 Å². The fourth-order valence-electron chi connectivity index (χ4n) is 2.12. The predicted molar refractivity (Wildman–Crippen MR) is 76.9 cm³/mol. The van der Waals surface area contributed by atoms with E-state index in [4.69, 9.17) is 5.11 Å². The molecule has 0 aliphatic carbocycles. The zero-order valence-corrected chi connectivity index (χ0v) is 12.4. The number of aliphatic carboxylic acids is 1. The predicted octanol–water partition coefficient (Wildman–Crippen LogP) is -0.782. The number of carbonyl (C=O) groups excluding carboxylic acids is 2. The number of rotatable bonds is 7. The van der Waals surface area contributed by atoms with E-state index >= 15 is 0 Å². The highest BCUT2D eigenvalue weighted by molar-refractivity contribution is 5.84. The number of nitrogens with one attached hydrogen (secondary N) is 3. The second kappa shape index (κ2) is 9.17. The van der Waals surface area contributed by atoms with Crippen molar-refractivity contribution < 1.29 is 19.5 Å². The number of hydrogen-bond acceptors (Lipinski definition) is 4. The Hall–Kier alpha value is -1.83. The number of carboxylic acids is 1. The fraction of sp³-hybridized carbons (Fsp3) is 0.769. The minimum atomic E-state index is -0.922. The molecule has 0 bridgehead atoms. The van der Waals surface area contributed by atoms with Crippen LogP contribution in [0.3, 0.4) is 0 Å². The highest BCUT2D eigenvalue weighted by atomic mass is 16.4. The maximum atomic E-state index is 11.8. The van der Waals surface area contributed by atoms with Crippen molar-refractivity contribution in [3.63, 3.8) is 0 Å². The van der Waals surface area contributed by atoms with Crippen molar-refractivity contribution in [2.75, 3.05) is 39.3 Å². The minimum absolute atomic E-state index is 0.0663. The topological polar surface area (TPSA) is 111 Å². The Morgan fingerprint density at radius 2 is 1.90 bits per heavy atom. The quantitative estimate of drug-likeness (QED) is 0.493. The third kappa shape index (κ3) is 6.44. The average molecular weight is 300 g/mol. The lowest BCUT2D eigenvalue weighted by Gasteiger charge is -2.27. The highest BCUT2D eigenvalue weighted by Gasteiger charge is 2.19. The summed E-state index contributed by atoms with van der Waals surface area (Å²) in [6, 6.07) is -0.513. The van der Waals surface area contributed by atoms with E-state index in [1.165, 1.54) is 0 Å². The van der Waals surface area contributed by atoms with Crippen LogP contribution in [0.25, 0.3) is 0 Å². The monoisotopic (exact) mass is 300 g/mol. The molecule has 1 aliphatic rings. The van der Waals surface area contributed by atoms with E-state index < -0.39 is 17.9 Å². The first-order valence-electron chi connectivity index (χ1n) is 7.27. The summed E-state index contributed by atoms with van der Waals surface area (Å²) < 4.78 is 0. The van der Waals surface area contributed by atoms with Crippen LogP contribution in [0.4, 0.5) is 4.79 Å². The molecule has 1 saturated heterocycles. The van der Waals surface area contributed by atoms with Crippen LogP contribution < -0.4 is 16.0 Å². The van der Waals surface area contributed by atoms with Gasteiger partial charge >= 0.3 is 12.0 Å². The SMILES string of the molecule is CCCC(CNC(=O)NCC(=O)N1CCNCC1)C(=O)O. The summed E-state index contributed by atoms with van der Waals surface area (Å²) in [5.41, 5.74) is 0. The first kappa shape index (κ1) is 17.2. The van der Waals surface area contributed by atoms with E-state index in [2.05, 4.69) is 16.0 Å². The summed E-state index contributed by atoms with van der Waals surface area (Å²) in [7, 11) is 0. The Kier molecular flexibility index (Phi) is 7.52. The number of carbonyl (C=O) groups is 3. The zero-order chi connectivity index (χ0) is 15.7. The molecule has 0 aromatic carbocycles. The van der Waals surface area contributed by atoms with Crippen LogP contribution in [0.15, 0.2) is 0 Å². The summed E-state index contributed by atoms with van der Waals surface area (Å²) in [5.74, 6) is -1.64. The normalized spacial score (nSPS) is 16.1. The van der Waals surface area contributed by atoms with E-state index in [0.29, 0.717) is 19.5 Å². The Bertz CT molecular complexity index is 369. The Balaban J connectivity index is 2.23. The molecule has 1 atom stereocenters. The van der Waals surface area contributed by atoms with E-state index in [-0.39, 0.29) is 19.0 Å². The molecule has 21 heavy (non-hydrogen) atoms. The summed E-state index contributed by atoms with van der Waals surface area (Å²) in [4.78, 5) is 36.0. The highest BCUT2D eigenvalue weighted by Crippen LogP contribution is 2.04. The van der Waals surface area contributed by atoms with Gasteiger partial charge in [-0.15, -0.1) is 0 Å². The van der Waals surface area contributed by atoms with E-state index in [9.17, 15) is 14.4 Å². The Morgan fingerprint density at radius 3 is 2.48 bits per heavy atom. The van der Waals surface area contributed by atoms with Gasteiger partial charge in [-0.25, -0.2) is 4.79 Å². The molecule has 120 valence electrons. The van der Waals surface area contributed by atoms with E-state index in [0.717, 1.165) is 19.5 Å². The number of amides is 3. The van der Waals surface area contributed by atoms with Gasteiger partial charge in [0, 0.05) is 32.7 Å². The van der Waals surface area contributed by atoms with Gasteiger partial charge < -0.3 is 26.0 Å². The average Bonchev–Trinajstić information content (AvgIpc) is 2.49. The van der Waals surface area contributed by atoms with Crippen LogP contribution in [0.2, 0.25) is 0 Å². The molecule has 1 rings (SSSR count). The van der Waals surface area contributed by atoms with Gasteiger partial charge in [0.05, 0.1) is 12.5 Å². The number of carboxylic acid groups (broad SMARTS) is 1. The van der Waals surface area contributed by atoms with E-state index in [1.54, 1.807) is 4.90 Å². The molecule has 1 heterocycles. The third-order valence-electron chi connectivity index (χ3n) is 3.37. The lowest BCUT2D eigenvalue weighted by molar-refractivity contribution is -0.141. The van der Waals surface area contributed by atoms with Gasteiger partial charge in [-0.2, -0.15) is 0 Å². The molecular weight excluding hydrogens is 276 g/mol. The van der Waals surface area contributed by atoms with Crippen molar-refractivity contribution in [3.8, 4) is 0 Å². The number of urea groups is 1. The number of nitrogens with zero attached hydrogens (tertiary/aromatic N) is 1. The molecule has 0 aromatic rings. The zero-order valence-electron chi connectivity index (χ0n) is 12.4. The molecular formula is C13H24N4O4. The molecule has 3 amide bonds. The summed E-state index contributed by atoms with van der Waals surface area (Å²) in [5, 5.41) is 17.1. The van der Waals surface area contributed by atoms with Crippen molar-refractivity contribution in [1.29, 1.82) is 0 Å². The summed E-state index contributed by atoms with van der Waals surface area (Å²) in [6.07, 6.45) is 1.25. The lowest BCUT2D eigenvalue weighted by Crippen LogP contribution is -2.50. The Labute approximate surface area is 124 Å². The first-order valence-corrected chi connectivity index (χ1v) is 7.27. The van der Waals surface area contributed by atoms with Crippen LogP contribution in [0, 0.1) is 5.92 Å². The first-order chi connectivity index (χ1) is 10.0. The van der Waals surface area contributed by atoms with Crippen LogP contribution in [0.1, 0.15) is 19.8 Å². The molecule has 8 heteroatoms. The summed E-state index contributed by atoms with van der Waals surface area (Å²) >= 11 is 0. The van der Waals surface area contributed by atoms with Crippen molar-refractivity contribution in [1.82, 2.24) is 20.9 Å². The minimum Gasteiger partial charge on any atom is -0.481 e. The van der Waals surface area contributed by atoms with Crippen molar-refractivity contribution in [2.45, 2.75) is 19.8 Å². The van der Waals surface area contributed by atoms with E-state index in [1.807, 2.05) is 6.92 Å². The maximum absolute atomic E-state index is 11.8. The Morgan fingerprint density at radius 1 is 1.24 bits per heavy atom. The van der Waals surface area contributed by atoms with Gasteiger partial charge in [0.25, 0.3) is 0 Å². The molecule has 1 fully saturated rings. The molecule has 0 radical (unpaired) electrons. The molecule has 0 spiro atoms. The largest absolute Gasteiger partial charge is 0.481 e. The molecule has 4 N–H and O–H groups in total. The smallest absolute Gasteiger partial charge is 0.315 e.